The molecule has 0 atom stereocenters. The van der Waals surface area contributed by atoms with E-state index in [1.54, 1.807) is 41.0 Å². The molecule has 3 aromatic heterocycles. The molecule has 1 saturated heterocycles. The summed E-state index contributed by atoms with van der Waals surface area (Å²) in [5.74, 6) is 1.30. The van der Waals surface area contributed by atoms with E-state index in [0.717, 1.165) is 54.5 Å². The molecule has 0 amide bonds. The average molecular weight is 471 g/mol. The average Bonchev–Trinajstić information content (AvgIpc) is 3.30. The zero-order chi connectivity index (χ0) is 22.5. The van der Waals surface area contributed by atoms with Crippen molar-refractivity contribution in [1.29, 1.82) is 0 Å². The van der Waals surface area contributed by atoms with Gasteiger partial charge in [0.1, 0.15) is 11.9 Å². The van der Waals surface area contributed by atoms with Gasteiger partial charge >= 0.3 is 0 Å². The Labute approximate surface area is 197 Å². The summed E-state index contributed by atoms with van der Waals surface area (Å²) >= 11 is 8.20. The minimum absolute atomic E-state index is 0.225. The number of hydrogen-bond acceptors (Lipinski definition) is 7. The van der Waals surface area contributed by atoms with Crippen molar-refractivity contribution in [2.45, 2.75) is 32.3 Å². The summed E-state index contributed by atoms with van der Waals surface area (Å²) in [6, 6.07) is 11.6. The Hall–Kier alpha value is -2.55. The predicted molar refractivity (Wildman–Crippen MR) is 132 cm³/mol. The number of pyridine rings is 1. The molecule has 168 valence electrons. The van der Waals surface area contributed by atoms with Crippen molar-refractivity contribution < 1.29 is 4.74 Å². The lowest BCUT2D eigenvalue weighted by molar-refractivity contribution is 0.135. The van der Waals surface area contributed by atoms with E-state index in [2.05, 4.69) is 44.7 Å². The highest BCUT2D eigenvalue weighted by atomic mass is 35.5. The normalized spacial score (nSPS) is 15.0. The Bertz CT molecular complexity index is 1190. The van der Waals surface area contributed by atoms with E-state index in [-0.39, 0.29) is 6.10 Å². The van der Waals surface area contributed by atoms with Crippen LogP contribution in [0, 0.1) is 0 Å². The standard InChI is InChI=1S/C17H21ClN2OS.C6H6N4/c1-3-13-11-12-5-4-6-15(18)16(12)17(19-13)21-14-7-9-20(22-2)10-8-14;7-5-1-3-8-6-2-4-9-10(5)6/h4-6,11,14H,3,7-10H2,1-2H3;1-4H,7H2. The van der Waals surface area contributed by atoms with E-state index in [1.165, 1.54) is 0 Å². The summed E-state index contributed by atoms with van der Waals surface area (Å²) in [6.07, 6.45) is 8.63. The Morgan fingerprint density at radius 3 is 2.72 bits per heavy atom. The third-order valence-corrected chi connectivity index (χ3v) is 6.64. The van der Waals surface area contributed by atoms with Gasteiger partial charge in [-0.2, -0.15) is 9.61 Å². The van der Waals surface area contributed by atoms with Gasteiger partial charge in [-0.05, 0) is 49.1 Å². The quantitative estimate of drug-likeness (QED) is 0.425. The second-order valence-electron chi connectivity index (χ2n) is 7.51. The van der Waals surface area contributed by atoms with Crippen LogP contribution < -0.4 is 10.5 Å². The maximum Gasteiger partial charge on any atom is 0.223 e. The van der Waals surface area contributed by atoms with Crippen LogP contribution in [0.15, 0.2) is 48.8 Å². The van der Waals surface area contributed by atoms with E-state index in [1.807, 2.05) is 12.1 Å². The SMILES string of the molecule is CCc1cc2cccc(Cl)c2c(OC2CCN(SC)CC2)n1.Nc1ccnc2ccnn12. The summed E-state index contributed by atoms with van der Waals surface area (Å²) < 4.78 is 10.2. The predicted octanol–water partition coefficient (Wildman–Crippen LogP) is 4.88. The summed E-state index contributed by atoms with van der Waals surface area (Å²) in [5.41, 5.74) is 7.39. The molecule has 1 fully saturated rings. The number of benzene rings is 1. The monoisotopic (exact) mass is 470 g/mol. The molecule has 0 spiro atoms. The number of hydrogen-bond donors (Lipinski definition) is 1. The fraction of sp³-hybridized carbons (Fsp3) is 0.348. The van der Waals surface area contributed by atoms with Gasteiger partial charge < -0.3 is 10.5 Å². The molecule has 4 heterocycles. The molecule has 0 saturated carbocycles. The van der Waals surface area contributed by atoms with Crippen molar-refractivity contribution in [3.8, 4) is 5.88 Å². The van der Waals surface area contributed by atoms with Gasteiger partial charge in [0, 0.05) is 31.0 Å². The molecule has 7 nitrogen and oxygen atoms in total. The Balaban J connectivity index is 0.000000203. The van der Waals surface area contributed by atoms with Gasteiger partial charge in [-0.25, -0.2) is 9.97 Å². The Kier molecular flexibility index (Phi) is 7.34. The molecule has 1 aromatic carbocycles. The van der Waals surface area contributed by atoms with Crippen molar-refractivity contribution in [2.24, 2.45) is 0 Å². The molecule has 1 aliphatic rings. The van der Waals surface area contributed by atoms with Crippen molar-refractivity contribution in [1.82, 2.24) is 23.9 Å². The van der Waals surface area contributed by atoms with Crippen LogP contribution in [-0.4, -0.2) is 49.3 Å². The molecule has 0 aliphatic carbocycles. The van der Waals surface area contributed by atoms with Gasteiger partial charge in [0.2, 0.25) is 5.88 Å². The van der Waals surface area contributed by atoms with Gasteiger partial charge in [0.25, 0.3) is 0 Å². The lowest BCUT2D eigenvalue weighted by Gasteiger charge is -2.30. The lowest BCUT2D eigenvalue weighted by atomic mass is 10.1. The number of anilines is 1. The molecular formula is C23H27ClN6OS. The molecular weight excluding hydrogens is 444 g/mol. The minimum Gasteiger partial charge on any atom is -0.474 e. The Morgan fingerprint density at radius 2 is 2.00 bits per heavy atom. The molecule has 1 aliphatic heterocycles. The highest BCUT2D eigenvalue weighted by Gasteiger charge is 2.22. The van der Waals surface area contributed by atoms with Crippen LogP contribution in [0.5, 0.6) is 5.88 Å². The molecule has 2 N–H and O–H groups in total. The smallest absolute Gasteiger partial charge is 0.223 e. The number of fused-ring (bicyclic) bond motifs is 2. The fourth-order valence-corrected chi connectivity index (χ4v) is 4.53. The van der Waals surface area contributed by atoms with Gasteiger partial charge in [-0.15, -0.1) is 0 Å². The molecule has 0 unspecified atom stereocenters. The second-order valence-corrected chi connectivity index (χ2v) is 8.80. The van der Waals surface area contributed by atoms with E-state index < -0.39 is 0 Å². The first kappa shape index (κ1) is 22.6. The molecule has 5 rings (SSSR count). The number of piperidine rings is 1. The summed E-state index contributed by atoms with van der Waals surface area (Å²) in [7, 11) is 0. The first-order chi connectivity index (χ1) is 15.6. The van der Waals surface area contributed by atoms with Gasteiger partial charge in [0.05, 0.1) is 16.6 Å². The van der Waals surface area contributed by atoms with Crippen LogP contribution in [0.3, 0.4) is 0 Å². The van der Waals surface area contributed by atoms with E-state index in [4.69, 9.17) is 22.1 Å². The molecule has 0 radical (unpaired) electrons. The van der Waals surface area contributed by atoms with Gasteiger partial charge in [-0.3, -0.25) is 4.31 Å². The number of halogens is 1. The van der Waals surface area contributed by atoms with E-state index in [0.29, 0.717) is 16.7 Å². The highest BCUT2D eigenvalue weighted by Crippen LogP contribution is 2.33. The summed E-state index contributed by atoms with van der Waals surface area (Å²) in [4.78, 5) is 8.71. The molecule has 9 heteroatoms. The number of rotatable bonds is 4. The van der Waals surface area contributed by atoms with Crippen LogP contribution >= 0.6 is 23.5 Å². The van der Waals surface area contributed by atoms with Gasteiger partial charge in [0.15, 0.2) is 5.65 Å². The van der Waals surface area contributed by atoms with Crippen LogP contribution in [0.25, 0.3) is 16.4 Å². The maximum absolute atomic E-state index is 6.39. The topological polar surface area (TPSA) is 81.6 Å². The third kappa shape index (κ3) is 5.09. The number of ether oxygens (including phenoxy) is 1. The van der Waals surface area contributed by atoms with Crippen LogP contribution in [0.4, 0.5) is 5.82 Å². The zero-order valence-corrected chi connectivity index (χ0v) is 19.8. The first-order valence-electron chi connectivity index (χ1n) is 10.7. The highest BCUT2D eigenvalue weighted by molar-refractivity contribution is 7.96. The fourth-order valence-electron chi connectivity index (χ4n) is 3.70. The van der Waals surface area contributed by atoms with Crippen molar-refractivity contribution in [3.63, 3.8) is 0 Å². The van der Waals surface area contributed by atoms with Crippen molar-refractivity contribution >= 4 is 45.8 Å². The molecule has 4 aromatic rings. The van der Waals surface area contributed by atoms with Gasteiger partial charge in [-0.1, -0.05) is 42.6 Å². The van der Waals surface area contributed by atoms with Crippen molar-refractivity contribution in [3.05, 3.63) is 59.5 Å². The largest absolute Gasteiger partial charge is 0.474 e. The molecule has 32 heavy (non-hydrogen) atoms. The molecule has 0 bridgehead atoms. The number of nitrogen functional groups attached to an aromatic ring is 1. The van der Waals surface area contributed by atoms with E-state index in [9.17, 15) is 0 Å². The minimum atomic E-state index is 0.225. The zero-order valence-electron chi connectivity index (χ0n) is 18.2. The lowest BCUT2D eigenvalue weighted by Crippen LogP contribution is -2.34. The number of aryl methyl sites for hydroxylation is 1. The van der Waals surface area contributed by atoms with Crippen LogP contribution in [-0.2, 0) is 6.42 Å². The van der Waals surface area contributed by atoms with Crippen molar-refractivity contribution in [2.75, 3.05) is 25.1 Å². The number of aromatic nitrogens is 4. The summed E-state index contributed by atoms with van der Waals surface area (Å²) in [6.45, 7) is 4.23. The van der Waals surface area contributed by atoms with E-state index >= 15 is 0 Å². The number of nitrogens with two attached hydrogens (primary N) is 1. The van der Waals surface area contributed by atoms with Crippen LogP contribution in [0.1, 0.15) is 25.5 Å². The number of nitrogens with zero attached hydrogens (tertiary/aromatic N) is 5. The summed E-state index contributed by atoms with van der Waals surface area (Å²) in [5, 5.41) is 6.71. The maximum atomic E-state index is 6.39. The Morgan fingerprint density at radius 1 is 1.19 bits per heavy atom. The van der Waals surface area contributed by atoms with Crippen LogP contribution in [0.2, 0.25) is 5.02 Å². The third-order valence-electron chi connectivity index (χ3n) is 5.45. The second kappa shape index (κ2) is 10.4. The first-order valence-corrected chi connectivity index (χ1v) is 12.2.